The van der Waals surface area contributed by atoms with Gasteiger partial charge in [-0.25, -0.2) is 0 Å². The molecule has 0 aromatic rings. The Bertz CT molecular complexity index is 124. The molecule has 0 fully saturated rings. The van der Waals surface area contributed by atoms with Crippen molar-refractivity contribution in [2.45, 2.75) is 27.2 Å². The number of carbonyl (C=O) groups excluding carboxylic acids is 2. The molecule has 0 amide bonds. The highest BCUT2D eigenvalue weighted by atomic mass is 35.5. The lowest BCUT2D eigenvalue weighted by atomic mass is 9.90. The topological polar surface area (TPSA) is 34.1 Å². The average Bonchev–Trinajstić information content (AvgIpc) is 1.62. The first kappa shape index (κ1) is 12.3. The third kappa shape index (κ3) is 7.63. The molecule has 0 rings (SSSR count). The van der Waals surface area contributed by atoms with Crippen molar-refractivity contribution >= 4 is 24.5 Å². The number of Topliss-reactive ketones (excluding diaryl/α,β-unsaturated/α-hetero) is 1. The molecular formula is C7H13ClO2. The minimum atomic E-state index is -0.317. The van der Waals surface area contributed by atoms with Crippen LogP contribution in [0.1, 0.15) is 27.2 Å². The molecule has 0 aromatic heterocycles. The van der Waals surface area contributed by atoms with Crippen LogP contribution < -0.4 is 0 Å². The van der Waals surface area contributed by atoms with Gasteiger partial charge < -0.3 is 0 Å². The number of ketones is 1. The van der Waals surface area contributed by atoms with Gasteiger partial charge in [-0.05, 0) is 5.41 Å². The molecule has 3 heteroatoms. The summed E-state index contributed by atoms with van der Waals surface area (Å²) in [4.78, 5) is 20.3. The van der Waals surface area contributed by atoms with Crippen LogP contribution in [0.25, 0.3) is 0 Å². The molecule has 0 saturated carbocycles. The number of hydrogen-bond acceptors (Lipinski definition) is 2. The Morgan fingerprint density at radius 3 is 1.90 bits per heavy atom. The lowest BCUT2D eigenvalue weighted by Crippen LogP contribution is -2.13. The van der Waals surface area contributed by atoms with Gasteiger partial charge in [-0.3, -0.25) is 9.59 Å². The van der Waals surface area contributed by atoms with Crippen LogP contribution in [-0.4, -0.2) is 12.1 Å². The first-order valence-electron chi connectivity index (χ1n) is 2.94. The molecule has 0 radical (unpaired) electrons. The van der Waals surface area contributed by atoms with Gasteiger partial charge in [0.25, 0.3) is 0 Å². The molecule has 2 nitrogen and oxygen atoms in total. The van der Waals surface area contributed by atoms with Gasteiger partial charge in [-0.1, -0.05) is 20.8 Å². The highest BCUT2D eigenvalue weighted by Gasteiger charge is 2.14. The predicted octanol–water partition coefficient (Wildman–Crippen LogP) is 1.61. The molecule has 10 heavy (non-hydrogen) atoms. The van der Waals surface area contributed by atoms with E-state index in [1.807, 2.05) is 20.8 Å². The van der Waals surface area contributed by atoms with Crippen LogP contribution in [0, 0.1) is 5.41 Å². The number of rotatable bonds is 2. The molecule has 0 N–H and O–H groups in total. The zero-order valence-corrected chi connectivity index (χ0v) is 7.33. The number of hydrogen-bond donors (Lipinski definition) is 0. The summed E-state index contributed by atoms with van der Waals surface area (Å²) in [6.07, 6.45) is 0.724. The smallest absolute Gasteiger partial charge is 0.195 e. The summed E-state index contributed by atoms with van der Waals surface area (Å²) in [5, 5.41) is 0. The Labute approximate surface area is 67.4 Å². The predicted molar refractivity (Wildman–Crippen MR) is 42.4 cm³/mol. The third-order valence-corrected chi connectivity index (χ3v) is 0.836. The number of halogens is 1. The molecule has 0 spiro atoms. The molecule has 0 aliphatic heterocycles. The van der Waals surface area contributed by atoms with E-state index in [1.54, 1.807) is 0 Å². The Hall–Kier alpha value is -0.370. The van der Waals surface area contributed by atoms with Crippen molar-refractivity contribution in [2.75, 3.05) is 0 Å². The van der Waals surface area contributed by atoms with Crippen LogP contribution in [0.3, 0.4) is 0 Å². The fraction of sp³-hybridized carbons (Fsp3) is 0.714. The fourth-order valence-electron chi connectivity index (χ4n) is 0.564. The summed E-state index contributed by atoms with van der Waals surface area (Å²) in [7, 11) is 0. The first-order chi connectivity index (χ1) is 3.95. The maximum absolute atomic E-state index is 10.5. The van der Waals surface area contributed by atoms with Crippen molar-refractivity contribution in [1.82, 2.24) is 0 Å². The Morgan fingerprint density at radius 1 is 1.40 bits per heavy atom. The summed E-state index contributed by atoms with van der Waals surface area (Å²) < 4.78 is 0. The van der Waals surface area contributed by atoms with E-state index in [-0.39, 0.29) is 23.6 Å². The van der Waals surface area contributed by atoms with Crippen molar-refractivity contribution in [1.29, 1.82) is 0 Å². The van der Waals surface area contributed by atoms with E-state index in [0.717, 1.165) is 0 Å². The summed E-state index contributed by atoms with van der Waals surface area (Å²) >= 11 is 0. The van der Waals surface area contributed by atoms with Crippen LogP contribution in [0.15, 0.2) is 0 Å². The second kappa shape index (κ2) is 4.45. The highest BCUT2D eigenvalue weighted by Crippen LogP contribution is 2.17. The van der Waals surface area contributed by atoms with E-state index < -0.39 is 0 Å². The minimum Gasteiger partial charge on any atom is -0.295 e. The summed E-state index contributed by atoms with van der Waals surface area (Å²) in [6, 6.07) is 0. The van der Waals surface area contributed by atoms with Crippen LogP contribution in [0.2, 0.25) is 0 Å². The standard InChI is InChI=1S/C7H12O2.ClH/c1-7(2,3)4-6(9)5-8;/h5H,4H2,1-3H3;1H. The molecule has 0 saturated heterocycles. The second-order valence-corrected chi connectivity index (χ2v) is 3.32. The van der Waals surface area contributed by atoms with E-state index >= 15 is 0 Å². The van der Waals surface area contributed by atoms with Crippen LogP contribution in [0.5, 0.6) is 0 Å². The Balaban J connectivity index is 0. The van der Waals surface area contributed by atoms with Gasteiger partial charge in [0.1, 0.15) is 0 Å². The van der Waals surface area contributed by atoms with Crippen molar-refractivity contribution in [3.8, 4) is 0 Å². The first-order valence-corrected chi connectivity index (χ1v) is 2.94. The molecule has 0 aliphatic rings. The van der Waals surface area contributed by atoms with E-state index in [9.17, 15) is 9.59 Å². The van der Waals surface area contributed by atoms with Gasteiger partial charge in [0, 0.05) is 6.42 Å². The van der Waals surface area contributed by atoms with Crippen LogP contribution in [0.4, 0.5) is 0 Å². The lowest BCUT2D eigenvalue weighted by Gasteiger charge is -2.13. The lowest BCUT2D eigenvalue weighted by molar-refractivity contribution is -0.131. The largest absolute Gasteiger partial charge is 0.295 e. The molecule has 0 atom stereocenters. The average molecular weight is 165 g/mol. The van der Waals surface area contributed by atoms with Crippen LogP contribution >= 0.6 is 12.4 Å². The van der Waals surface area contributed by atoms with Crippen LogP contribution in [-0.2, 0) is 9.59 Å². The van der Waals surface area contributed by atoms with Gasteiger partial charge in [-0.2, -0.15) is 0 Å². The molecule has 0 unspecified atom stereocenters. The zero-order chi connectivity index (χ0) is 7.49. The monoisotopic (exact) mass is 164 g/mol. The maximum atomic E-state index is 10.5. The molecule has 0 aliphatic carbocycles. The highest BCUT2D eigenvalue weighted by molar-refractivity contribution is 6.25. The molecular weight excluding hydrogens is 152 g/mol. The van der Waals surface area contributed by atoms with Crippen molar-refractivity contribution in [3.05, 3.63) is 0 Å². The van der Waals surface area contributed by atoms with E-state index in [4.69, 9.17) is 0 Å². The van der Waals surface area contributed by atoms with Gasteiger partial charge in [0.2, 0.25) is 0 Å². The summed E-state index contributed by atoms with van der Waals surface area (Å²) in [5.41, 5.74) is -0.0575. The van der Waals surface area contributed by atoms with E-state index in [0.29, 0.717) is 12.7 Å². The molecule has 0 heterocycles. The van der Waals surface area contributed by atoms with Gasteiger partial charge in [0.15, 0.2) is 12.1 Å². The third-order valence-electron chi connectivity index (χ3n) is 0.836. The molecule has 60 valence electrons. The molecule has 0 bridgehead atoms. The zero-order valence-electron chi connectivity index (χ0n) is 6.51. The number of carbonyl (C=O) groups is 2. The normalized spacial score (nSPS) is 9.90. The SMILES string of the molecule is CC(C)(C)CC(=O)C=O.Cl. The molecule has 0 aromatic carbocycles. The maximum Gasteiger partial charge on any atom is 0.195 e. The van der Waals surface area contributed by atoms with E-state index in [1.165, 1.54) is 0 Å². The van der Waals surface area contributed by atoms with Crippen molar-refractivity contribution < 1.29 is 9.59 Å². The van der Waals surface area contributed by atoms with E-state index in [2.05, 4.69) is 0 Å². The quantitative estimate of drug-likeness (QED) is 0.459. The van der Waals surface area contributed by atoms with Gasteiger partial charge in [-0.15, -0.1) is 12.4 Å². The summed E-state index contributed by atoms with van der Waals surface area (Å²) in [6.45, 7) is 5.78. The second-order valence-electron chi connectivity index (χ2n) is 3.32. The fourth-order valence-corrected chi connectivity index (χ4v) is 0.564. The van der Waals surface area contributed by atoms with Gasteiger partial charge >= 0.3 is 0 Å². The van der Waals surface area contributed by atoms with Gasteiger partial charge in [0.05, 0.1) is 0 Å². The van der Waals surface area contributed by atoms with Crippen molar-refractivity contribution in [3.63, 3.8) is 0 Å². The Kier molecular flexibility index (Phi) is 5.48. The number of aldehydes is 1. The minimum absolute atomic E-state index is 0. The van der Waals surface area contributed by atoms with Crippen molar-refractivity contribution in [2.24, 2.45) is 5.41 Å². The Morgan fingerprint density at radius 2 is 1.80 bits per heavy atom. The summed E-state index contributed by atoms with van der Waals surface area (Å²) in [5.74, 6) is -0.317.